The molecule has 0 N–H and O–H groups in total. The monoisotopic (exact) mass is 268 g/mol. The first-order valence-electron chi connectivity index (χ1n) is 6.18. The summed E-state index contributed by atoms with van der Waals surface area (Å²) >= 11 is 12.1. The highest BCUT2D eigenvalue weighted by molar-refractivity contribution is 6.21. The fourth-order valence-electron chi connectivity index (χ4n) is 1.46. The Labute approximate surface area is 111 Å². The molecule has 0 atom stereocenters. The highest BCUT2D eigenvalue weighted by atomic mass is 35.5. The average molecular weight is 269 g/mol. The highest BCUT2D eigenvalue weighted by Gasteiger charge is 2.31. The van der Waals surface area contributed by atoms with Crippen LogP contribution in [0, 0.1) is 17.3 Å². The van der Waals surface area contributed by atoms with Crippen LogP contribution < -0.4 is 0 Å². The number of halogens is 2. The normalized spacial score (nSPS) is 12.8. The van der Waals surface area contributed by atoms with Crippen LogP contribution in [-0.4, -0.2) is 25.0 Å². The van der Waals surface area contributed by atoms with E-state index in [2.05, 4.69) is 27.7 Å². The van der Waals surface area contributed by atoms with E-state index in [0.29, 0.717) is 23.6 Å². The minimum Gasteiger partial charge on any atom is -0.381 e. The van der Waals surface area contributed by atoms with E-state index < -0.39 is 0 Å². The van der Waals surface area contributed by atoms with Gasteiger partial charge in [0, 0.05) is 30.4 Å². The van der Waals surface area contributed by atoms with Gasteiger partial charge in [0.25, 0.3) is 0 Å². The zero-order chi connectivity index (χ0) is 12.6. The van der Waals surface area contributed by atoms with Crippen molar-refractivity contribution in [2.24, 2.45) is 17.3 Å². The third-order valence-electron chi connectivity index (χ3n) is 3.34. The van der Waals surface area contributed by atoms with Gasteiger partial charge in [-0.05, 0) is 24.7 Å². The molecule has 0 aliphatic heterocycles. The van der Waals surface area contributed by atoms with Gasteiger partial charge in [0.15, 0.2) is 0 Å². The van der Waals surface area contributed by atoms with Crippen molar-refractivity contribution in [3.05, 3.63) is 0 Å². The van der Waals surface area contributed by atoms with Crippen LogP contribution in [0.15, 0.2) is 0 Å². The summed E-state index contributed by atoms with van der Waals surface area (Å²) in [5, 5.41) is 0. The van der Waals surface area contributed by atoms with Gasteiger partial charge in [-0.3, -0.25) is 0 Å². The average Bonchev–Trinajstić information content (AvgIpc) is 2.23. The lowest BCUT2D eigenvalue weighted by atomic mass is 9.78. The van der Waals surface area contributed by atoms with Crippen molar-refractivity contribution in [3.8, 4) is 0 Å². The summed E-state index contributed by atoms with van der Waals surface area (Å²) in [6, 6.07) is 0. The molecular formula is C13H26Cl2O. The van der Waals surface area contributed by atoms with Crippen molar-refractivity contribution in [2.75, 3.05) is 25.0 Å². The van der Waals surface area contributed by atoms with Crippen molar-refractivity contribution in [3.63, 3.8) is 0 Å². The number of alkyl halides is 2. The minimum atomic E-state index is 0.0287. The Bertz CT molecular complexity index is 165. The summed E-state index contributed by atoms with van der Waals surface area (Å²) in [6.07, 6.45) is 2.08. The zero-order valence-corrected chi connectivity index (χ0v) is 12.6. The van der Waals surface area contributed by atoms with E-state index >= 15 is 0 Å². The molecule has 0 spiro atoms. The standard InChI is InChI=1S/C13H26Cl2O/c1-11(2)5-7-16-8-6-13(9-14,10-15)12(3)4/h11-12H,5-10H2,1-4H3. The molecule has 0 fully saturated rings. The molecule has 0 aliphatic carbocycles. The lowest BCUT2D eigenvalue weighted by Gasteiger charge is -2.33. The number of hydrogen-bond acceptors (Lipinski definition) is 1. The summed E-state index contributed by atoms with van der Waals surface area (Å²) in [4.78, 5) is 0. The van der Waals surface area contributed by atoms with Gasteiger partial charge in [0.1, 0.15) is 0 Å². The van der Waals surface area contributed by atoms with Crippen molar-refractivity contribution < 1.29 is 4.74 Å². The third kappa shape index (κ3) is 5.75. The molecular weight excluding hydrogens is 243 g/mol. The predicted octanol–water partition coefficient (Wildman–Crippen LogP) is 4.56. The summed E-state index contributed by atoms with van der Waals surface area (Å²) in [5.41, 5.74) is 0.0287. The molecule has 0 aromatic heterocycles. The van der Waals surface area contributed by atoms with Gasteiger partial charge in [0.2, 0.25) is 0 Å². The fraction of sp³-hybridized carbons (Fsp3) is 1.00. The van der Waals surface area contributed by atoms with Crippen molar-refractivity contribution >= 4 is 23.2 Å². The Morgan fingerprint density at radius 3 is 1.94 bits per heavy atom. The molecule has 0 amide bonds. The van der Waals surface area contributed by atoms with Crippen LogP contribution >= 0.6 is 23.2 Å². The third-order valence-corrected chi connectivity index (χ3v) is 4.41. The van der Waals surface area contributed by atoms with E-state index in [-0.39, 0.29) is 5.41 Å². The summed E-state index contributed by atoms with van der Waals surface area (Å²) in [7, 11) is 0. The second-order valence-corrected chi connectivity index (χ2v) is 5.86. The first-order chi connectivity index (χ1) is 7.48. The maximum Gasteiger partial charge on any atom is 0.0472 e. The molecule has 98 valence electrons. The lowest BCUT2D eigenvalue weighted by Crippen LogP contribution is -2.33. The Balaban J connectivity index is 3.86. The molecule has 0 heterocycles. The van der Waals surface area contributed by atoms with Gasteiger partial charge in [-0.25, -0.2) is 0 Å². The number of ether oxygens (including phenoxy) is 1. The van der Waals surface area contributed by atoms with Crippen molar-refractivity contribution in [2.45, 2.75) is 40.5 Å². The molecule has 0 unspecified atom stereocenters. The summed E-state index contributed by atoms with van der Waals surface area (Å²) in [6.45, 7) is 10.4. The lowest BCUT2D eigenvalue weighted by molar-refractivity contribution is 0.0841. The van der Waals surface area contributed by atoms with Gasteiger partial charge in [0.05, 0.1) is 0 Å². The van der Waals surface area contributed by atoms with E-state index in [9.17, 15) is 0 Å². The SMILES string of the molecule is CC(C)CCOCCC(CCl)(CCl)C(C)C. The fourth-order valence-corrected chi connectivity index (χ4v) is 2.63. The van der Waals surface area contributed by atoms with Crippen LogP contribution in [0.25, 0.3) is 0 Å². The van der Waals surface area contributed by atoms with E-state index in [4.69, 9.17) is 27.9 Å². The van der Waals surface area contributed by atoms with E-state index in [0.717, 1.165) is 26.1 Å². The molecule has 16 heavy (non-hydrogen) atoms. The summed E-state index contributed by atoms with van der Waals surface area (Å²) in [5.74, 6) is 2.43. The molecule has 0 saturated carbocycles. The highest BCUT2D eigenvalue weighted by Crippen LogP contribution is 2.34. The molecule has 0 radical (unpaired) electrons. The Kier molecular flexibility index (Phi) is 8.90. The molecule has 0 saturated heterocycles. The van der Waals surface area contributed by atoms with Gasteiger partial charge in [-0.1, -0.05) is 27.7 Å². The van der Waals surface area contributed by atoms with Gasteiger partial charge >= 0.3 is 0 Å². The first-order valence-corrected chi connectivity index (χ1v) is 7.25. The number of rotatable bonds is 9. The van der Waals surface area contributed by atoms with Crippen molar-refractivity contribution in [1.82, 2.24) is 0 Å². The maximum absolute atomic E-state index is 6.04. The van der Waals surface area contributed by atoms with E-state index in [1.807, 2.05) is 0 Å². The predicted molar refractivity (Wildman–Crippen MR) is 73.6 cm³/mol. The zero-order valence-electron chi connectivity index (χ0n) is 11.1. The first kappa shape index (κ1) is 16.5. The van der Waals surface area contributed by atoms with E-state index in [1.165, 1.54) is 0 Å². The van der Waals surface area contributed by atoms with Crippen LogP contribution in [0.2, 0.25) is 0 Å². The second kappa shape index (κ2) is 8.60. The quantitative estimate of drug-likeness (QED) is 0.440. The van der Waals surface area contributed by atoms with Gasteiger partial charge in [-0.2, -0.15) is 0 Å². The number of hydrogen-bond donors (Lipinski definition) is 0. The molecule has 1 nitrogen and oxygen atoms in total. The van der Waals surface area contributed by atoms with Crippen molar-refractivity contribution in [1.29, 1.82) is 0 Å². The topological polar surface area (TPSA) is 9.23 Å². The van der Waals surface area contributed by atoms with Crippen LogP contribution in [-0.2, 0) is 4.74 Å². The molecule has 0 aliphatic rings. The molecule has 0 aromatic rings. The molecule has 3 heteroatoms. The van der Waals surface area contributed by atoms with Gasteiger partial charge < -0.3 is 4.74 Å². The van der Waals surface area contributed by atoms with Crippen LogP contribution in [0.1, 0.15) is 40.5 Å². The molecule has 0 rings (SSSR count). The smallest absolute Gasteiger partial charge is 0.0472 e. The molecule has 0 bridgehead atoms. The Morgan fingerprint density at radius 2 is 1.56 bits per heavy atom. The van der Waals surface area contributed by atoms with Crippen LogP contribution in [0.5, 0.6) is 0 Å². The minimum absolute atomic E-state index is 0.0287. The summed E-state index contributed by atoms with van der Waals surface area (Å²) < 4.78 is 5.64. The Morgan fingerprint density at radius 1 is 1.00 bits per heavy atom. The second-order valence-electron chi connectivity index (χ2n) is 5.33. The van der Waals surface area contributed by atoms with Crippen LogP contribution in [0.4, 0.5) is 0 Å². The maximum atomic E-state index is 6.04. The Hall–Kier alpha value is 0.540. The van der Waals surface area contributed by atoms with Gasteiger partial charge in [-0.15, -0.1) is 23.2 Å². The van der Waals surface area contributed by atoms with Crippen LogP contribution in [0.3, 0.4) is 0 Å². The van der Waals surface area contributed by atoms with E-state index in [1.54, 1.807) is 0 Å². The molecule has 0 aromatic carbocycles. The largest absolute Gasteiger partial charge is 0.381 e.